The molecule has 3 aromatic rings. The van der Waals surface area contributed by atoms with Crippen molar-refractivity contribution < 1.29 is 19.7 Å². The van der Waals surface area contributed by atoms with E-state index in [0.29, 0.717) is 13.0 Å². The molecule has 6 heteroatoms. The second kappa shape index (κ2) is 8.43. The molecule has 0 amide bonds. The Hall–Kier alpha value is -2.54. The van der Waals surface area contributed by atoms with Crippen LogP contribution in [-0.4, -0.2) is 52.0 Å². The minimum Gasteiger partial charge on any atom is -0.497 e. The Morgan fingerprint density at radius 3 is 2.72 bits per heavy atom. The Kier molecular flexibility index (Phi) is 5.61. The minimum atomic E-state index is -0.537. The molecular weight excluding hydrogens is 404 g/mol. The summed E-state index contributed by atoms with van der Waals surface area (Å²) >= 11 is 0. The topological polar surface area (TPSA) is 67.1 Å². The summed E-state index contributed by atoms with van der Waals surface area (Å²) in [4.78, 5) is 2.31. The fourth-order valence-electron chi connectivity index (χ4n) is 5.34. The van der Waals surface area contributed by atoms with Gasteiger partial charge in [-0.15, -0.1) is 0 Å². The molecule has 2 aliphatic heterocycles. The Balaban J connectivity index is 1.27. The molecule has 1 spiro atoms. The molecule has 0 unspecified atom stereocenters. The van der Waals surface area contributed by atoms with Crippen molar-refractivity contribution in [2.45, 2.75) is 50.5 Å². The number of ether oxygens (including phenoxy) is 2. The number of nitrogens with zero attached hydrogens (tertiary/aromatic N) is 2. The molecule has 3 heterocycles. The van der Waals surface area contributed by atoms with Crippen molar-refractivity contribution in [2.24, 2.45) is 0 Å². The molecule has 1 saturated heterocycles. The number of aromatic nitrogens is 1. The highest BCUT2D eigenvalue weighted by molar-refractivity contribution is 5.84. The molecule has 6 nitrogen and oxygen atoms in total. The van der Waals surface area contributed by atoms with Crippen molar-refractivity contribution in [3.05, 3.63) is 59.8 Å². The van der Waals surface area contributed by atoms with Crippen molar-refractivity contribution >= 4 is 10.9 Å². The van der Waals surface area contributed by atoms with Crippen LogP contribution in [-0.2, 0) is 6.54 Å². The monoisotopic (exact) mass is 436 g/mol. The fourth-order valence-corrected chi connectivity index (χ4v) is 5.34. The zero-order valence-corrected chi connectivity index (χ0v) is 18.8. The van der Waals surface area contributed by atoms with E-state index in [1.165, 1.54) is 5.52 Å². The van der Waals surface area contributed by atoms with Gasteiger partial charge in [0.25, 0.3) is 0 Å². The molecular formula is C26H32N2O4. The van der Waals surface area contributed by atoms with Crippen LogP contribution < -0.4 is 9.47 Å². The van der Waals surface area contributed by atoms with Gasteiger partial charge in [0.05, 0.1) is 19.3 Å². The fraction of sp³-hybridized carbons (Fsp3) is 0.462. The van der Waals surface area contributed by atoms with E-state index in [-0.39, 0.29) is 5.60 Å². The Morgan fingerprint density at radius 2 is 1.97 bits per heavy atom. The maximum atomic E-state index is 11.1. The smallest absolute Gasteiger partial charge is 0.129 e. The highest BCUT2D eigenvalue weighted by atomic mass is 16.5. The predicted octanol–water partition coefficient (Wildman–Crippen LogP) is 4.05. The lowest BCUT2D eigenvalue weighted by Gasteiger charge is -2.46. The number of hydrogen-bond acceptors (Lipinski definition) is 5. The van der Waals surface area contributed by atoms with E-state index in [1.807, 2.05) is 30.3 Å². The third-order valence-electron chi connectivity index (χ3n) is 7.19. The number of methoxy groups -OCH3 is 1. The molecule has 1 aromatic heterocycles. The molecule has 0 aliphatic carbocycles. The number of fused-ring (bicyclic) bond motifs is 2. The van der Waals surface area contributed by atoms with E-state index in [4.69, 9.17) is 9.47 Å². The number of piperidine rings is 1. The van der Waals surface area contributed by atoms with Crippen molar-refractivity contribution in [1.29, 1.82) is 0 Å². The van der Waals surface area contributed by atoms with Crippen LogP contribution in [0.5, 0.6) is 11.5 Å². The van der Waals surface area contributed by atoms with Gasteiger partial charge in [0.1, 0.15) is 17.1 Å². The maximum absolute atomic E-state index is 11.1. The number of benzene rings is 2. The zero-order valence-electron chi connectivity index (χ0n) is 18.8. The average molecular weight is 437 g/mol. The first kappa shape index (κ1) is 21.3. The van der Waals surface area contributed by atoms with Gasteiger partial charge in [-0.05, 0) is 38.0 Å². The van der Waals surface area contributed by atoms with Crippen LogP contribution in [0.3, 0.4) is 0 Å². The van der Waals surface area contributed by atoms with Gasteiger partial charge >= 0.3 is 0 Å². The number of aliphatic hydroxyl groups excluding tert-OH is 2. The van der Waals surface area contributed by atoms with Gasteiger partial charge < -0.3 is 29.2 Å². The van der Waals surface area contributed by atoms with Crippen LogP contribution in [0.15, 0.2) is 48.7 Å². The van der Waals surface area contributed by atoms with Crippen molar-refractivity contribution in [3.8, 4) is 11.5 Å². The molecule has 2 N–H and O–H groups in total. The summed E-state index contributed by atoms with van der Waals surface area (Å²) < 4.78 is 14.0. The van der Waals surface area contributed by atoms with E-state index in [1.54, 1.807) is 7.11 Å². The summed E-state index contributed by atoms with van der Waals surface area (Å²) in [5.74, 6) is 1.46. The van der Waals surface area contributed by atoms with Crippen molar-refractivity contribution in [2.75, 3.05) is 26.7 Å². The molecule has 2 aliphatic rings. The number of aliphatic hydroxyl groups is 2. The lowest BCUT2D eigenvalue weighted by Crippen LogP contribution is -2.51. The normalized spacial score (nSPS) is 21.3. The van der Waals surface area contributed by atoms with E-state index >= 15 is 0 Å². The first-order chi connectivity index (χ1) is 15.5. The third kappa shape index (κ3) is 3.76. The lowest BCUT2D eigenvalue weighted by molar-refractivity contribution is -0.0588. The van der Waals surface area contributed by atoms with Gasteiger partial charge in [-0.1, -0.05) is 18.2 Å². The summed E-state index contributed by atoms with van der Waals surface area (Å²) in [6.45, 7) is 5.26. The number of hydrogen-bond donors (Lipinski definition) is 2. The second-order valence-corrected chi connectivity index (χ2v) is 9.11. The van der Waals surface area contributed by atoms with Crippen LogP contribution in [0.1, 0.15) is 49.5 Å². The number of rotatable bonds is 5. The number of β-amino-alcohol motifs (C(OH)–C–C–N with tert-alkyl or cyclic N) is 1. The van der Waals surface area contributed by atoms with Crippen LogP contribution >= 0.6 is 0 Å². The molecule has 32 heavy (non-hydrogen) atoms. The summed E-state index contributed by atoms with van der Waals surface area (Å²) in [6.07, 6.45) is 3.28. The summed E-state index contributed by atoms with van der Waals surface area (Å²) in [7, 11) is 1.64. The zero-order chi connectivity index (χ0) is 22.3. The summed E-state index contributed by atoms with van der Waals surface area (Å²) in [5.41, 5.74) is 2.63. The van der Waals surface area contributed by atoms with E-state index in [9.17, 15) is 10.2 Å². The van der Waals surface area contributed by atoms with Crippen LogP contribution in [0.2, 0.25) is 0 Å². The molecule has 2 aromatic carbocycles. The number of aryl methyl sites for hydroxylation is 1. The van der Waals surface area contributed by atoms with Gasteiger partial charge in [0, 0.05) is 66.9 Å². The van der Waals surface area contributed by atoms with E-state index in [0.717, 1.165) is 60.5 Å². The highest BCUT2D eigenvalue weighted by Crippen LogP contribution is 2.45. The summed E-state index contributed by atoms with van der Waals surface area (Å²) in [6, 6.07) is 13.9. The first-order valence-electron chi connectivity index (χ1n) is 11.5. The molecule has 0 radical (unpaired) electrons. The standard InChI is InChI=1S/C26H32N2O4/c1-3-28-16-21(19-6-4-5-7-22(19)28)24(30)17-27-12-10-26(11-13-27)15-23(29)20-9-8-18(31-2)14-25(20)32-26/h4-9,14,16,23-24,29-30H,3,10-13,15,17H2,1-2H3/t23-,24+/m1/s1. The van der Waals surface area contributed by atoms with Crippen LogP contribution in [0.25, 0.3) is 10.9 Å². The van der Waals surface area contributed by atoms with E-state index < -0.39 is 12.2 Å². The Labute approximate surface area is 189 Å². The highest BCUT2D eigenvalue weighted by Gasteiger charge is 2.43. The maximum Gasteiger partial charge on any atom is 0.129 e. The van der Waals surface area contributed by atoms with E-state index in [2.05, 4.69) is 34.7 Å². The number of likely N-dealkylation sites (tertiary alicyclic amines) is 1. The lowest BCUT2D eigenvalue weighted by atomic mass is 9.81. The average Bonchev–Trinajstić information content (AvgIpc) is 3.19. The molecule has 5 rings (SSSR count). The molecule has 170 valence electrons. The molecule has 0 saturated carbocycles. The van der Waals surface area contributed by atoms with Crippen LogP contribution in [0.4, 0.5) is 0 Å². The van der Waals surface area contributed by atoms with Gasteiger partial charge in [0.2, 0.25) is 0 Å². The largest absolute Gasteiger partial charge is 0.497 e. The first-order valence-corrected chi connectivity index (χ1v) is 11.5. The SMILES string of the molecule is CCn1cc([C@@H](O)CN2CCC3(CC2)C[C@@H](O)c2ccc(OC)cc2O3)c2ccccc21. The molecule has 2 atom stereocenters. The van der Waals surface area contributed by atoms with Gasteiger partial charge in [-0.3, -0.25) is 0 Å². The van der Waals surface area contributed by atoms with Gasteiger partial charge in [0.15, 0.2) is 0 Å². The third-order valence-corrected chi connectivity index (χ3v) is 7.19. The van der Waals surface area contributed by atoms with Gasteiger partial charge in [-0.2, -0.15) is 0 Å². The second-order valence-electron chi connectivity index (χ2n) is 9.11. The molecule has 0 bridgehead atoms. The van der Waals surface area contributed by atoms with Crippen molar-refractivity contribution in [3.63, 3.8) is 0 Å². The molecule has 1 fully saturated rings. The van der Waals surface area contributed by atoms with Crippen molar-refractivity contribution in [1.82, 2.24) is 9.47 Å². The van der Waals surface area contributed by atoms with Crippen LogP contribution in [0, 0.1) is 0 Å². The summed E-state index contributed by atoms with van der Waals surface area (Å²) in [5, 5.41) is 22.9. The van der Waals surface area contributed by atoms with Gasteiger partial charge in [-0.25, -0.2) is 0 Å². The Bertz CT molecular complexity index is 1100. The minimum absolute atomic E-state index is 0.363. The quantitative estimate of drug-likeness (QED) is 0.632. The Morgan fingerprint density at radius 1 is 1.19 bits per heavy atom. The predicted molar refractivity (Wildman–Crippen MR) is 124 cm³/mol. The number of para-hydroxylation sites is 1.